The van der Waals surface area contributed by atoms with Gasteiger partial charge in [-0.1, -0.05) is 25.7 Å². The summed E-state index contributed by atoms with van der Waals surface area (Å²) in [6.45, 7) is 3.92. The second kappa shape index (κ2) is 5.26. The van der Waals surface area contributed by atoms with Gasteiger partial charge in [-0.2, -0.15) is 0 Å². The van der Waals surface area contributed by atoms with Crippen molar-refractivity contribution in [2.24, 2.45) is 5.73 Å². The highest BCUT2D eigenvalue weighted by molar-refractivity contribution is 7.85. The monoisotopic (exact) mass is 217 g/mol. The van der Waals surface area contributed by atoms with Crippen molar-refractivity contribution >= 4 is 10.8 Å². The fourth-order valence-corrected chi connectivity index (χ4v) is 3.82. The zero-order valence-corrected chi connectivity index (χ0v) is 10.2. The third kappa shape index (κ3) is 4.56. The van der Waals surface area contributed by atoms with Gasteiger partial charge in [-0.15, -0.1) is 0 Å². The third-order valence-corrected chi connectivity index (χ3v) is 4.93. The molecule has 0 aromatic heterocycles. The minimum atomic E-state index is -0.712. The van der Waals surface area contributed by atoms with Crippen LogP contribution in [0.15, 0.2) is 0 Å². The Morgan fingerprint density at radius 2 is 1.71 bits per heavy atom. The maximum absolute atomic E-state index is 12.0. The molecule has 0 saturated heterocycles. The van der Waals surface area contributed by atoms with Crippen molar-refractivity contribution in [3.05, 3.63) is 0 Å². The van der Waals surface area contributed by atoms with E-state index in [9.17, 15) is 4.21 Å². The predicted molar refractivity (Wildman–Crippen MR) is 62.8 cm³/mol. The van der Waals surface area contributed by atoms with Gasteiger partial charge >= 0.3 is 0 Å². The van der Waals surface area contributed by atoms with E-state index in [0.29, 0.717) is 11.0 Å². The molecule has 0 heterocycles. The molecule has 1 atom stereocenters. The first-order valence-corrected chi connectivity index (χ1v) is 7.03. The number of rotatable bonds is 3. The molecule has 1 aliphatic carbocycles. The van der Waals surface area contributed by atoms with Crippen molar-refractivity contribution in [3.63, 3.8) is 0 Å². The first-order valence-electron chi connectivity index (χ1n) is 5.65. The molecule has 0 aromatic carbocycles. The molecule has 1 saturated carbocycles. The molecule has 0 bridgehead atoms. The lowest BCUT2D eigenvalue weighted by molar-refractivity contribution is 0.567. The van der Waals surface area contributed by atoms with E-state index < -0.39 is 10.8 Å². The Morgan fingerprint density at radius 1 is 1.21 bits per heavy atom. The summed E-state index contributed by atoms with van der Waals surface area (Å²) in [6.07, 6.45) is 7.42. The quantitative estimate of drug-likeness (QED) is 0.736. The van der Waals surface area contributed by atoms with Crippen LogP contribution in [0.2, 0.25) is 0 Å². The van der Waals surface area contributed by atoms with Crippen LogP contribution in [-0.2, 0) is 10.8 Å². The number of hydrogen-bond donors (Lipinski definition) is 1. The second-order valence-electron chi connectivity index (χ2n) is 5.13. The van der Waals surface area contributed by atoms with Gasteiger partial charge in [0.1, 0.15) is 0 Å². The minimum Gasteiger partial charge on any atom is -0.325 e. The first kappa shape index (κ1) is 12.2. The predicted octanol–water partition coefficient (Wildman–Crippen LogP) is 2.20. The molecule has 84 valence electrons. The van der Waals surface area contributed by atoms with Gasteiger partial charge < -0.3 is 5.73 Å². The normalized spacial score (nSPS) is 23.1. The molecular formula is C11H23NOS. The summed E-state index contributed by atoms with van der Waals surface area (Å²) in [4.78, 5) is 0. The Hall–Kier alpha value is 0.110. The summed E-state index contributed by atoms with van der Waals surface area (Å²) in [7, 11) is -0.712. The van der Waals surface area contributed by atoms with E-state index in [1.54, 1.807) is 0 Å². The highest BCUT2D eigenvalue weighted by atomic mass is 32.2. The van der Waals surface area contributed by atoms with Crippen molar-refractivity contribution in [2.75, 3.05) is 5.75 Å². The summed E-state index contributed by atoms with van der Waals surface area (Å²) >= 11 is 0. The van der Waals surface area contributed by atoms with Crippen LogP contribution in [-0.4, -0.2) is 20.8 Å². The van der Waals surface area contributed by atoms with Crippen molar-refractivity contribution in [2.45, 2.75) is 63.2 Å². The Balaban J connectivity index is 2.42. The molecule has 14 heavy (non-hydrogen) atoms. The topological polar surface area (TPSA) is 43.1 Å². The summed E-state index contributed by atoms with van der Waals surface area (Å²) in [5.41, 5.74) is 5.61. The van der Waals surface area contributed by atoms with Gasteiger partial charge in [0.05, 0.1) is 0 Å². The Labute approximate surface area is 90.1 Å². The maximum atomic E-state index is 12.0. The molecule has 0 spiro atoms. The highest BCUT2D eigenvalue weighted by Gasteiger charge is 2.23. The molecule has 2 nitrogen and oxygen atoms in total. The van der Waals surface area contributed by atoms with Gasteiger partial charge in [-0.05, 0) is 26.7 Å². The minimum absolute atomic E-state index is 0.281. The van der Waals surface area contributed by atoms with Crippen molar-refractivity contribution < 1.29 is 4.21 Å². The SMILES string of the molecule is CC(C)(N)CS(=O)C1CCCCCC1. The van der Waals surface area contributed by atoms with Gasteiger partial charge in [-0.3, -0.25) is 4.21 Å². The van der Waals surface area contributed by atoms with E-state index in [0.717, 1.165) is 12.8 Å². The van der Waals surface area contributed by atoms with Gasteiger partial charge in [0.15, 0.2) is 0 Å². The van der Waals surface area contributed by atoms with E-state index in [4.69, 9.17) is 5.73 Å². The highest BCUT2D eigenvalue weighted by Crippen LogP contribution is 2.22. The van der Waals surface area contributed by atoms with Gasteiger partial charge in [0, 0.05) is 27.3 Å². The molecule has 1 aliphatic rings. The average Bonchev–Trinajstić information content (AvgIpc) is 2.27. The molecule has 1 rings (SSSR count). The number of hydrogen-bond acceptors (Lipinski definition) is 2. The second-order valence-corrected chi connectivity index (χ2v) is 6.84. The molecule has 0 amide bonds. The Kier molecular flexibility index (Phi) is 4.58. The van der Waals surface area contributed by atoms with Crippen LogP contribution in [0.25, 0.3) is 0 Å². The summed E-state index contributed by atoms with van der Waals surface area (Å²) in [6, 6.07) is 0. The maximum Gasteiger partial charge on any atom is 0.0412 e. The molecular weight excluding hydrogens is 194 g/mol. The molecule has 1 fully saturated rings. The van der Waals surface area contributed by atoms with Gasteiger partial charge in [0.2, 0.25) is 0 Å². The standard InChI is InChI=1S/C11H23NOS/c1-11(2,12)9-14(13)10-7-5-3-4-6-8-10/h10H,3-9,12H2,1-2H3. The molecule has 3 heteroatoms. The van der Waals surface area contributed by atoms with Crippen LogP contribution in [0, 0.1) is 0 Å². The van der Waals surface area contributed by atoms with E-state index in [-0.39, 0.29) is 5.54 Å². The van der Waals surface area contributed by atoms with E-state index >= 15 is 0 Å². The van der Waals surface area contributed by atoms with Crippen LogP contribution < -0.4 is 5.73 Å². The average molecular weight is 217 g/mol. The molecule has 0 radical (unpaired) electrons. The summed E-state index contributed by atoms with van der Waals surface area (Å²) in [5.74, 6) is 0.650. The van der Waals surface area contributed by atoms with Gasteiger partial charge in [0.25, 0.3) is 0 Å². The largest absolute Gasteiger partial charge is 0.325 e. The van der Waals surface area contributed by atoms with Gasteiger partial charge in [-0.25, -0.2) is 0 Å². The molecule has 0 aromatic rings. The molecule has 1 unspecified atom stereocenters. The summed E-state index contributed by atoms with van der Waals surface area (Å²) < 4.78 is 12.0. The van der Waals surface area contributed by atoms with E-state index in [1.165, 1.54) is 25.7 Å². The Bertz CT molecular complexity index is 190. The lowest BCUT2D eigenvalue weighted by Crippen LogP contribution is -2.40. The number of nitrogens with two attached hydrogens (primary N) is 1. The fourth-order valence-electron chi connectivity index (χ4n) is 1.99. The molecule has 0 aliphatic heterocycles. The zero-order valence-electron chi connectivity index (χ0n) is 9.42. The van der Waals surface area contributed by atoms with Crippen molar-refractivity contribution in [1.29, 1.82) is 0 Å². The lowest BCUT2D eigenvalue weighted by atomic mass is 10.1. The van der Waals surface area contributed by atoms with Crippen LogP contribution >= 0.6 is 0 Å². The Morgan fingerprint density at radius 3 is 2.14 bits per heavy atom. The van der Waals surface area contributed by atoms with Crippen LogP contribution in [0.3, 0.4) is 0 Å². The third-order valence-electron chi connectivity index (χ3n) is 2.69. The van der Waals surface area contributed by atoms with Crippen LogP contribution in [0.4, 0.5) is 0 Å². The smallest absolute Gasteiger partial charge is 0.0412 e. The van der Waals surface area contributed by atoms with E-state index in [2.05, 4.69) is 0 Å². The van der Waals surface area contributed by atoms with Crippen LogP contribution in [0.5, 0.6) is 0 Å². The lowest BCUT2D eigenvalue weighted by Gasteiger charge is -2.21. The van der Waals surface area contributed by atoms with Crippen LogP contribution in [0.1, 0.15) is 52.4 Å². The fraction of sp³-hybridized carbons (Fsp3) is 1.00. The first-order chi connectivity index (χ1) is 6.49. The van der Waals surface area contributed by atoms with Crippen molar-refractivity contribution in [3.8, 4) is 0 Å². The molecule has 2 N–H and O–H groups in total. The zero-order chi connectivity index (χ0) is 10.6. The van der Waals surface area contributed by atoms with E-state index in [1.807, 2.05) is 13.8 Å². The summed E-state index contributed by atoms with van der Waals surface area (Å²) in [5, 5.41) is 0.417. The van der Waals surface area contributed by atoms with Crippen molar-refractivity contribution in [1.82, 2.24) is 0 Å².